The van der Waals surface area contributed by atoms with Crippen LogP contribution >= 0.6 is 0 Å². The molecule has 5 heteroatoms. The van der Waals surface area contributed by atoms with Crippen LogP contribution in [-0.2, 0) is 4.79 Å². The summed E-state index contributed by atoms with van der Waals surface area (Å²) in [6.07, 6.45) is 8.72. The van der Waals surface area contributed by atoms with Crippen LogP contribution in [-0.4, -0.2) is 34.4 Å². The lowest BCUT2D eigenvalue weighted by molar-refractivity contribution is -0.126. The quantitative estimate of drug-likeness (QED) is 0.772. The molecule has 3 heterocycles. The standard InChI is InChI=1S/C22H26N4O/c27-22(23-17-6-1-2-7-17)16-11-14-25(15-12-16)21-20-10-5-13-26(20)19-9-4-3-8-18(19)24-21/h3-5,8-10,13,16-17H,1-2,6-7,11-12,14-15H2,(H,23,27). The van der Waals surface area contributed by atoms with E-state index in [0.717, 1.165) is 61.1 Å². The number of benzene rings is 1. The van der Waals surface area contributed by atoms with Crippen molar-refractivity contribution in [1.29, 1.82) is 0 Å². The molecule has 2 aliphatic rings. The lowest BCUT2D eigenvalue weighted by atomic mass is 9.95. The number of carbonyl (C=O) groups is 1. The zero-order valence-corrected chi connectivity index (χ0v) is 15.6. The van der Waals surface area contributed by atoms with E-state index in [1.807, 2.05) is 6.07 Å². The zero-order chi connectivity index (χ0) is 18.2. The van der Waals surface area contributed by atoms with Crippen molar-refractivity contribution in [3.8, 4) is 0 Å². The molecule has 1 saturated heterocycles. The van der Waals surface area contributed by atoms with E-state index >= 15 is 0 Å². The van der Waals surface area contributed by atoms with Crippen LogP contribution in [0.4, 0.5) is 5.82 Å². The van der Waals surface area contributed by atoms with E-state index in [0.29, 0.717) is 6.04 Å². The Hall–Kier alpha value is -2.56. The van der Waals surface area contributed by atoms with Gasteiger partial charge in [0.05, 0.1) is 16.6 Å². The summed E-state index contributed by atoms with van der Waals surface area (Å²) >= 11 is 0. The number of nitrogens with zero attached hydrogens (tertiary/aromatic N) is 3. The maximum Gasteiger partial charge on any atom is 0.223 e. The van der Waals surface area contributed by atoms with Gasteiger partial charge in [0, 0.05) is 31.2 Å². The molecule has 0 atom stereocenters. The molecule has 0 radical (unpaired) electrons. The van der Waals surface area contributed by atoms with E-state index in [1.54, 1.807) is 0 Å². The predicted octanol–water partition coefficient (Wildman–Crippen LogP) is 3.76. The molecule has 0 bridgehead atoms. The Morgan fingerprint density at radius 2 is 1.70 bits per heavy atom. The molecule has 5 nitrogen and oxygen atoms in total. The van der Waals surface area contributed by atoms with Crippen molar-refractivity contribution in [2.45, 2.75) is 44.6 Å². The smallest absolute Gasteiger partial charge is 0.223 e. The number of hydrogen-bond donors (Lipinski definition) is 1. The molecule has 1 amide bonds. The van der Waals surface area contributed by atoms with Gasteiger partial charge in [-0.2, -0.15) is 0 Å². The highest BCUT2D eigenvalue weighted by atomic mass is 16.1. The van der Waals surface area contributed by atoms with Crippen molar-refractivity contribution in [3.63, 3.8) is 0 Å². The van der Waals surface area contributed by atoms with Crippen LogP contribution in [0.1, 0.15) is 38.5 Å². The molecule has 1 aliphatic heterocycles. The number of carbonyl (C=O) groups excluding carboxylic acids is 1. The number of aromatic nitrogens is 2. The summed E-state index contributed by atoms with van der Waals surface area (Å²) in [5, 5.41) is 3.28. The summed E-state index contributed by atoms with van der Waals surface area (Å²) in [6.45, 7) is 1.77. The summed E-state index contributed by atoms with van der Waals surface area (Å²) in [4.78, 5) is 19.9. The van der Waals surface area contributed by atoms with Gasteiger partial charge >= 0.3 is 0 Å². The van der Waals surface area contributed by atoms with E-state index < -0.39 is 0 Å². The number of nitrogens with one attached hydrogen (secondary N) is 1. The highest BCUT2D eigenvalue weighted by Gasteiger charge is 2.28. The van der Waals surface area contributed by atoms with Crippen LogP contribution < -0.4 is 10.2 Å². The Bertz CT molecular complexity index is 965. The summed E-state index contributed by atoms with van der Waals surface area (Å²) in [7, 11) is 0. The van der Waals surface area contributed by atoms with Gasteiger partial charge < -0.3 is 14.6 Å². The maximum absolute atomic E-state index is 12.6. The number of para-hydroxylation sites is 2. The number of anilines is 1. The first-order valence-electron chi connectivity index (χ1n) is 10.2. The summed E-state index contributed by atoms with van der Waals surface area (Å²) in [6, 6.07) is 12.9. The van der Waals surface area contributed by atoms with Gasteiger partial charge in [-0.3, -0.25) is 4.79 Å². The van der Waals surface area contributed by atoms with Crippen LogP contribution in [0, 0.1) is 5.92 Å². The third-order valence-electron chi connectivity index (χ3n) is 6.21. The van der Waals surface area contributed by atoms with Crippen LogP contribution in [0.15, 0.2) is 42.6 Å². The molecular weight excluding hydrogens is 336 g/mol. The molecule has 140 valence electrons. The van der Waals surface area contributed by atoms with Gasteiger partial charge in [-0.1, -0.05) is 25.0 Å². The SMILES string of the molecule is O=C(NC1CCCC1)C1CCN(c2nc3ccccc3n3cccc23)CC1. The van der Waals surface area contributed by atoms with Crippen molar-refractivity contribution in [2.24, 2.45) is 5.92 Å². The first-order valence-corrected chi connectivity index (χ1v) is 10.2. The van der Waals surface area contributed by atoms with Gasteiger partial charge in [-0.05, 0) is 49.9 Å². The Morgan fingerprint density at radius 3 is 2.52 bits per heavy atom. The third-order valence-corrected chi connectivity index (χ3v) is 6.21. The van der Waals surface area contributed by atoms with Gasteiger partial charge in [0.15, 0.2) is 5.82 Å². The zero-order valence-electron chi connectivity index (χ0n) is 15.6. The van der Waals surface area contributed by atoms with Crippen molar-refractivity contribution >= 4 is 28.3 Å². The van der Waals surface area contributed by atoms with Crippen molar-refractivity contribution < 1.29 is 4.79 Å². The highest BCUT2D eigenvalue weighted by Crippen LogP contribution is 2.29. The highest BCUT2D eigenvalue weighted by molar-refractivity contribution is 5.85. The van der Waals surface area contributed by atoms with Crippen LogP contribution in [0.3, 0.4) is 0 Å². The topological polar surface area (TPSA) is 49.6 Å². The van der Waals surface area contributed by atoms with E-state index in [4.69, 9.17) is 4.98 Å². The molecule has 1 aromatic carbocycles. The molecular formula is C22H26N4O. The first-order chi connectivity index (χ1) is 13.3. The van der Waals surface area contributed by atoms with E-state index in [9.17, 15) is 4.79 Å². The van der Waals surface area contributed by atoms with Crippen molar-refractivity contribution in [1.82, 2.24) is 14.7 Å². The van der Waals surface area contributed by atoms with Gasteiger partial charge in [0.1, 0.15) is 0 Å². The fourth-order valence-corrected chi connectivity index (χ4v) is 4.68. The Morgan fingerprint density at radius 1 is 0.963 bits per heavy atom. The van der Waals surface area contributed by atoms with Crippen molar-refractivity contribution in [3.05, 3.63) is 42.6 Å². The van der Waals surface area contributed by atoms with Gasteiger partial charge in [0.25, 0.3) is 0 Å². The molecule has 1 saturated carbocycles. The lowest BCUT2D eigenvalue weighted by Crippen LogP contribution is -2.43. The van der Waals surface area contributed by atoms with Gasteiger partial charge in [-0.25, -0.2) is 4.98 Å². The average molecular weight is 362 g/mol. The fraction of sp³-hybridized carbons (Fsp3) is 0.455. The second kappa shape index (κ2) is 6.87. The minimum Gasteiger partial charge on any atom is -0.355 e. The lowest BCUT2D eigenvalue weighted by Gasteiger charge is -2.33. The molecule has 2 fully saturated rings. The fourth-order valence-electron chi connectivity index (χ4n) is 4.68. The van der Waals surface area contributed by atoms with E-state index in [2.05, 4.69) is 51.1 Å². The minimum atomic E-state index is 0.144. The van der Waals surface area contributed by atoms with Crippen LogP contribution in [0.2, 0.25) is 0 Å². The van der Waals surface area contributed by atoms with E-state index in [1.165, 1.54) is 12.8 Å². The maximum atomic E-state index is 12.6. The van der Waals surface area contributed by atoms with Crippen molar-refractivity contribution in [2.75, 3.05) is 18.0 Å². The second-order valence-electron chi connectivity index (χ2n) is 7.94. The predicted molar refractivity (Wildman–Crippen MR) is 108 cm³/mol. The molecule has 0 unspecified atom stereocenters. The summed E-state index contributed by atoms with van der Waals surface area (Å²) < 4.78 is 2.22. The molecule has 0 spiro atoms. The summed E-state index contributed by atoms with van der Waals surface area (Å²) in [5.41, 5.74) is 3.28. The Labute approximate surface area is 159 Å². The number of hydrogen-bond acceptors (Lipinski definition) is 3. The molecule has 27 heavy (non-hydrogen) atoms. The molecule has 1 aliphatic carbocycles. The first kappa shape index (κ1) is 16.6. The van der Waals surface area contributed by atoms with Crippen LogP contribution in [0.25, 0.3) is 16.6 Å². The normalized spacial score (nSPS) is 19.2. The average Bonchev–Trinajstić information content (AvgIpc) is 3.39. The minimum absolute atomic E-state index is 0.144. The molecule has 2 aromatic heterocycles. The molecule has 3 aromatic rings. The second-order valence-corrected chi connectivity index (χ2v) is 7.94. The summed E-state index contributed by atoms with van der Waals surface area (Å²) in [5.74, 6) is 1.44. The largest absolute Gasteiger partial charge is 0.355 e. The monoisotopic (exact) mass is 362 g/mol. The van der Waals surface area contributed by atoms with E-state index in [-0.39, 0.29) is 11.8 Å². The number of amides is 1. The number of fused-ring (bicyclic) bond motifs is 3. The number of rotatable bonds is 3. The van der Waals surface area contributed by atoms with Crippen LogP contribution in [0.5, 0.6) is 0 Å². The Balaban J connectivity index is 1.34. The third kappa shape index (κ3) is 3.05. The molecule has 5 rings (SSSR count). The number of piperidine rings is 1. The van der Waals surface area contributed by atoms with Gasteiger partial charge in [-0.15, -0.1) is 0 Å². The molecule has 1 N–H and O–H groups in total. The van der Waals surface area contributed by atoms with Gasteiger partial charge in [0.2, 0.25) is 5.91 Å². The Kier molecular flexibility index (Phi) is 4.23.